The molecule has 1 aliphatic carbocycles. The highest BCUT2D eigenvalue weighted by Gasteiger charge is 2.43. The van der Waals surface area contributed by atoms with Crippen molar-refractivity contribution < 1.29 is 14.8 Å². The Morgan fingerprint density at radius 1 is 0.943 bits per heavy atom. The van der Waals surface area contributed by atoms with Crippen LogP contribution in [0.3, 0.4) is 0 Å². The molecule has 2 N–H and O–H groups in total. The van der Waals surface area contributed by atoms with Gasteiger partial charge in [0.1, 0.15) is 11.6 Å². The molecule has 7 nitrogen and oxygen atoms in total. The van der Waals surface area contributed by atoms with Gasteiger partial charge in [-0.2, -0.15) is 0 Å². The summed E-state index contributed by atoms with van der Waals surface area (Å²) in [7, 11) is 0. The Morgan fingerprint density at radius 2 is 1.57 bits per heavy atom. The van der Waals surface area contributed by atoms with E-state index in [0.717, 1.165) is 5.56 Å². The van der Waals surface area contributed by atoms with Crippen LogP contribution in [-0.2, 0) is 4.79 Å². The number of aliphatic hydroxyl groups is 1. The third-order valence-corrected chi connectivity index (χ3v) is 6.51. The SMILES string of the molecule is N=C1C(=C(O)c2ccccc2)[C@@H](c2ccccc2)C2=C(CCCC2=O)N1c1ccc([N+](=O)[O-])cc1. The highest BCUT2D eigenvalue weighted by Crippen LogP contribution is 2.47. The number of nitrogens with zero attached hydrogens (tertiary/aromatic N) is 2. The highest BCUT2D eigenvalue weighted by molar-refractivity contribution is 6.19. The number of ketones is 1. The molecule has 0 saturated heterocycles. The van der Waals surface area contributed by atoms with Crippen molar-refractivity contribution in [1.82, 2.24) is 0 Å². The summed E-state index contributed by atoms with van der Waals surface area (Å²) in [5, 5.41) is 31.9. The Bertz CT molecular complexity index is 1380. The molecule has 3 aromatic carbocycles. The molecule has 7 heteroatoms. The maximum Gasteiger partial charge on any atom is 0.269 e. The number of hydrogen-bond donors (Lipinski definition) is 2. The van der Waals surface area contributed by atoms with Crippen LogP contribution in [0.1, 0.15) is 36.3 Å². The highest BCUT2D eigenvalue weighted by atomic mass is 16.6. The van der Waals surface area contributed by atoms with Crippen molar-refractivity contribution in [3.63, 3.8) is 0 Å². The zero-order valence-corrected chi connectivity index (χ0v) is 18.8. The second kappa shape index (κ2) is 9.02. The van der Waals surface area contributed by atoms with Gasteiger partial charge in [0, 0.05) is 52.6 Å². The predicted molar refractivity (Wildman–Crippen MR) is 134 cm³/mol. The van der Waals surface area contributed by atoms with E-state index in [1.54, 1.807) is 41.3 Å². The van der Waals surface area contributed by atoms with Gasteiger partial charge in [0.15, 0.2) is 5.78 Å². The number of non-ortho nitro benzene ring substituents is 1. The van der Waals surface area contributed by atoms with Gasteiger partial charge in [-0.15, -0.1) is 0 Å². The third kappa shape index (κ3) is 3.91. The third-order valence-electron chi connectivity index (χ3n) is 6.51. The molecule has 1 heterocycles. The van der Waals surface area contributed by atoms with E-state index >= 15 is 0 Å². The number of rotatable bonds is 4. The zero-order valence-electron chi connectivity index (χ0n) is 18.8. The first-order valence-corrected chi connectivity index (χ1v) is 11.4. The van der Waals surface area contributed by atoms with Gasteiger partial charge in [0.25, 0.3) is 5.69 Å². The number of carbonyl (C=O) groups is 1. The number of aliphatic hydroxyl groups excluding tert-OH is 1. The van der Waals surface area contributed by atoms with E-state index in [1.165, 1.54) is 12.1 Å². The summed E-state index contributed by atoms with van der Waals surface area (Å²) in [6.45, 7) is 0. The van der Waals surface area contributed by atoms with E-state index in [1.807, 2.05) is 36.4 Å². The lowest BCUT2D eigenvalue weighted by atomic mass is 9.73. The summed E-state index contributed by atoms with van der Waals surface area (Å²) in [4.78, 5) is 25.8. The van der Waals surface area contributed by atoms with E-state index in [-0.39, 0.29) is 23.1 Å². The molecule has 0 aromatic heterocycles. The predicted octanol–water partition coefficient (Wildman–Crippen LogP) is 6.15. The molecule has 5 rings (SSSR count). The number of anilines is 1. The molecule has 1 aliphatic heterocycles. The van der Waals surface area contributed by atoms with Gasteiger partial charge in [0.05, 0.1) is 4.92 Å². The zero-order chi connectivity index (χ0) is 24.5. The topological polar surface area (TPSA) is 108 Å². The van der Waals surface area contributed by atoms with Crippen molar-refractivity contribution in [2.75, 3.05) is 4.90 Å². The van der Waals surface area contributed by atoms with Gasteiger partial charge in [-0.3, -0.25) is 25.2 Å². The second-order valence-electron chi connectivity index (χ2n) is 8.57. The second-order valence-corrected chi connectivity index (χ2v) is 8.57. The van der Waals surface area contributed by atoms with Gasteiger partial charge in [-0.1, -0.05) is 60.7 Å². The molecule has 0 amide bonds. The molecular weight excluding hydrogens is 442 g/mol. The quantitative estimate of drug-likeness (QED) is 0.273. The Balaban J connectivity index is 1.79. The first kappa shape index (κ1) is 22.3. The fourth-order valence-corrected chi connectivity index (χ4v) is 4.93. The minimum Gasteiger partial charge on any atom is -0.507 e. The van der Waals surface area contributed by atoms with Crippen LogP contribution in [0.15, 0.2) is 102 Å². The number of benzene rings is 3. The first-order valence-electron chi connectivity index (χ1n) is 11.4. The number of nitro groups is 1. The molecule has 2 aliphatic rings. The van der Waals surface area contributed by atoms with Gasteiger partial charge in [-0.25, -0.2) is 0 Å². The minimum absolute atomic E-state index is 0.0159. The molecule has 174 valence electrons. The van der Waals surface area contributed by atoms with E-state index in [4.69, 9.17) is 0 Å². The van der Waals surface area contributed by atoms with Crippen LogP contribution in [0.25, 0.3) is 5.76 Å². The number of hydrogen-bond acceptors (Lipinski definition) is 5. The molecule has 3 aromatic rings. The maximum atomic E-state index is 13.4. The Labute approximate surface area is 202 Å². The summed E-state index contributed by atoms with van der Waals surface area (Å²) >= 11 is 0. The molecule has 0 radical (unpaired) electrons. The molecule has 1 atom stereocenters. The van der Waals surface area contributed by atoms with E-state index < -0.39 is 10.8 Å². The van der Waals surface area contributed by atoms with Gasteiger partial charge in [0.2, 0.25) is 0 Å². The molecule has 0 saturated carbocycles. The first-order chi connectivity index (χ1) is 17.0. The smallest absolute Gasteiger partial charge is 0.269 e. The summed E-state index contributed by atoms with van der Waals surface area (Å²) in [6, 6.07) is 24.4. The number of Topliss-reactive ketones (excluding diaryl/α,β-unsaturated/α-hetero) is 1. The molecule has 0 fully saturated rings. The van der Waals surface area contributed by atoms with Crippen molar-refractivity contribution in [1.29, 1.82) is 5.41 Å². The summed E-state index contributed by atoms with van der Waals surface area (Å²) < 4.78 is 0. The minimum atomic E-state index is -0.596. The lowest BCUT2D eigenvalue weighted by Gasteiger charge is -2.41. The molecular formula is C28H23N3O4. The van der Waals surface area contributed by atoms with Crippen LogP contribution in [-0.4, -0.2) is 21.6 Å². The van der Waals surface area contributed by atoms with Gasteiger partial charge in [-0.05, 0) is 30.5 Å². The summed E-state index contributed by atoms with van der Waals surface area (Å²) in [5.41, 5.74) is 3.44. The van der Waals surface area contributed by atoms with Crippen molar-refractivity contribution in [2.45, 2.75) is 25.2 Å². The van der Waals surface area contributed by atoms with Crippen molar-refractivity contribution in [3.8, 4) is 0 Å². The average molecular weight is 466 g/mol. The van der Waals surface area contributed by atoms with Gasteiger partial charge >= 0.3 is 0 Å². The fourth-order valence-electron chi connectivity index (χ4n) is 4.93. The summed E-state index contributed by atoms with van der Waals surface area (Å²) in [6.07, 6.45) is 1.63. The monoisotopic (exact) mass is 465 g/mol. The molecule has 0 spiro atoms. The van der Waals surface area contributed by atoms with Crippen LogP contribution >= 0.6 is 0 Å². The normalized spacial score (nSPS) is 19.4. The summed E-state index contributed by atoms with van der Waals surface area (Å²) in [5.74, 6) is -0.636. The number of allylic oxidation sites excluding steroid dienone is 2. The lowest BCUT2D eigenvalue weighted by Crippen LogP contribution is -2.42. The Morgan fingerprint density at radius 3 is 2.20 bits per heavy atom. The maximum absolute atomic E-state index is 13.4. The fraction of sp³-hybridized carbons (Fsp3) is 0.143. The largest absolute Gasteiger partial charge is 0.507 e. The van der Waals surface area contributed by atoms with Crippen LogP contribution in [0, 0.1) is 15.5 Å². The lowest BCUT2D eigenvalue weighted by molar-refractivity contribution is -0.384. The van der Waals surface area contributed by atoms with Crippen molar-refractivity contribution in [3.05, 3.63) is 123 Å². The standard InChI is InChI=1S/C28H23N3O4/c29-28-26(27(33)19-10-5-2-6-11-19)24(18-8-3-1-4-9-18)25-22(12-7-13-23(25)32)30(28)20-14-16-21(17-15-20)31(34)35/h1-6,8-11,14-17,24,29,33H,7,12-13H2/t24-/m0/s1. The molecule has 0 bridgehead atoms. The van der Waals surface area contributed by atoms with Crippen LogP contribution in [0.5, 0.6) is 0 Å². The van der Waals surface area contributed by atoms with Gasteiger partial charge < -0.3 is 5.11 Å². The molecule has 35 heavy (non-hydrogen) atoms. The Hall–Kier alpha value is -4.52. The average Bonchev–Trinajstić information content (AvgIpc) is 2.89. The number of carbonyl (C=O) groups excluding carboxylic acids is 1. The van der Waals surface area contributed by atoms with Crippen LogP contribution in [0.2, 0.25) is 0 Å². The van der Waals surface area contributed by atoms with Crippen molar-refractivity contribution >= 4 is 28.8 Å². The van der Waals surface area contributed by atoms with E-state index in [9.17, 15) is 25.4 Å². The van der Waals surface area contributed by atoms with Crippen LogP contribution in [0.4, 0.5) is 11.4 Å². The van der Waals surface area contributed by atoms with E-state index in [2.05, 4.69) is 0 Å². The molecule has 0 unspecified atom stereocenters. The number of nitro benzene ring substituents is 1. The van der Waals surface area contributed by atoms with Crippen LogP contribution < -0.4 is 4.90 Å². The van der Waals surface area contributed by atoms with Crippen molar-refractivity contribution in [2.24, 2.45) is 0 Å². The Kier molecular flexibility index (Phi) is 5.74. The van der Waals surface area contributed by atoms with E-state index in [0.29, 0.717) is 47.4 Å². The number of nitrogens with one attached hydrogen (secondary N) is 1. The number of amidine groups is 1.